The summed E-state index contributed by atoms with van der Waals surface area (Å²) in [6.07, 6.45) is -4.78. The summed E-state index contributed by atoms with van der Waals surface area (Å²) in [5.41, 5.74) is 2.58. The Labute approximate surface area is 199 Å². The number of aryl methyl sites for hydroxylation is 2. The van der Waals surface area contributed by atoms with E-state index >= 15 is 0 Å². The number of urea groups is 1. The van der Waals surface area contributed by atoms with Crippen molar-refractivity contribution >= 4 is 17.8 Å². The van der Waals surface area contributed by atoms with Crippen LogP contribution in [0.15, 0.2) is 48.5 Å². The first-order valence-corrected chi connectivity index (χ1v) is 10.2. The van der Waals surface area contributed by atoms with Crippen molar-refractivity contribution in [3.05, 3.63) is 65.4 Å². The number of amides is 3. The second-order valence-electron chi connectivity index (χ2n) is 7.30. The number of alkyl halides is 3. The number of carbonyl (C=O) groups is 2. The molecular formula is C24H22F3N3O5. The molecule has 35 heavy (non-hydrogen) atoms. The van der Waals surface area contributed by atoms with Gasteiger partial charge in [0, 0.05) is 11.3 Å². The Kier molecular flexibility index (Phi) is 7.48. The second kappa shape index (κ2) is 10.3. The van der Waals surface area contributed by atoms with Gasteiger partial charge in [0.1, 0.15) is 28.6 Å². The minimum atomic E-state index is -4.78. The summed E-state index contributed by atoms with van der Waals surface area (Å²) in [4.78, 5) is 29.4. The summed E-state index contributed by atoms with van der Waals surface area (Å²) in [7, 11) is 2.78. The van der Waals surface area contributed by atoms with E-state index in [9.17, 15) is 22.8 Å². The maximum absolute atomic E-state index is 12.7. The minimum Gasteiger partial charge on any atom is -0.496 e. The van der Waals surface area contributed by atoms with Crippen LogP contribution in [0.2, 0.25) is 0 Å². The Morgan fingerprint density at radius 2 is 1.54 bits per heavy atom. The molecule has 184 valence electrons. The molecule has 2 N–H and O–H groups in total. The average molecular weight is 489 g/mol. The number of aromatic nitrogens is 1. The largest absolute Gasteiger partial charge is 0.573 e. The van der Waals surface area contributed by atoms with E-state index in [1.165, 1.54) is 38.5 Å². The van der Waals surface area contributed by atoms with Gasteiger partial charge in [-0.2, -0.15) is 0 Å². The summed E-state index contributed by atoms with van der Waals surface area (Å²) in [5, 5.41) is 4.71. The fourth-order valence-corrected chi connectivity index (χ4v) is 3.54. The van der Waals surface area contributed by atoms with Crippen LogP contribution in [0.3, 0.4) is 0 Å². The summed E-state index contributed by atoms with van der Waals surface area (Å²) < 4.78 is 51.4. The molecule has 0 fully saturated rings. The number of methoxy groups -OCH3 is 2. The first-order chi connectivity index (χ1) is 16.5. The number of benzene rings is 2. The van der Waals surface area contributed by atoms with E-state index in [-0.39, 0.29) is 28.6 Å². The highest BCUT2D eigenvalue weighted by atomic mass is 19.4. The number of ether oxygens (including phenoxy) is 3. The molecule has 3 rings (SSSR count). The first kappa shape index (κ1) is 25.3. The molecule has 3 aromatic rings. The van der Waals surface area contributed by atoms with Gasteiger partial charge in [-0.15, -0.1) is 13.2 Å². The zero-order chi connectivity index (χ0) is 25.8. The fraction of sp³-hybridized carbons (Fsp3) is 0.208. The maximum atomic E-state index is 12.7. The lowest BCUT2D eigenvalue weighted by atomic mass is 9.99. The SMILES string of the molecule is COc1cccc(OC)c1C(=O)NC(=O)Nc1cc(C)c(-c2ccc(OC(F)(F)F)cc2)c(C)n1. The second-order valence-corrected chi connectivity index (χ2v) is 7.30. The van der Waals surface area contributed by atoms with E-state index in [0.717, 1.165) is 0 Å². The van der Waals surface area contributed by atoms with Crippen LogP contribution in [0.1, 0.15) is 21.6 Å². The van der Waals surface area contributed by atoms with Crippen LogP contribution < -0.4 is 24.8 Å². The first-order valence-electron chi connectivity index (χ1n) is 10.2. The molecule has 0 radical (unpaired) electrons. The third-order valence-electron chi connectivity index (χ3n) is 4.90. The maximum Gasteiger partial charge on any atom is 0.573 e. The molecular weight excluding hydrogens is 467 g/mol. The molecule has 1 aromatic heterocycles. The zero-order valence-corrected chi connectivity index (χ0v) is 19.2. The van der Waals surface area contributed by atoms with Gasteiger partial charge >= 0.3 is 12.4 Å². The van der Waals surface area contributed by atoms with Crippen molar-refractivity contribution in [2.45, 2.75) is 20.2 Å². The zero-order valence-electron chi connectivity index (χ0n) is 19.2. The highest BCUT2D eigenvalue weighted by molar-refractivity contribution is 6.10. The van der Waals surface area contributed by atoms with Crippen molar-refractivity contribution in [2.75, 3.05) is 19.5 Å². The van der Waals surface area contributed by atoms with Gasteiger partial charge in [0.05, 0.1) is 14.2 Å². The molecule has 0 unspecified atom stereocenters. The van der Waals surface area contributed by atoms with Gasteiger partial charge in [-0.05, 0) is 55.3 Å². The van der Waals surface area contributed by atoms with Crippen molar-refractivity contribution in [3.8, 4) is 28.4 Å². The quantitative estimate of drug-likeness (QED) is 0.491. The number of hydrogen-bond acceptors (Lipinski definition) is 6. The lowest BCUT2D eigenvalue weighted by Crippen LogP contribution is -2.35. The molecule has 0 bridgehead atoms. The molecule has 0 aliphatic rings. The van der Waals surface area contributed by atoms with Crippen LogP contribution in [-0.4, -0.2) is 37.5 Å². The van der Waals surface area contributed by atoms with Gasteiger partial charge in [0.2, 0.25) is 0 Å². The van der Waals surface area contributed by atoms with Crippen molar-refractivity contribution < 1.29 is 37.0 Å². The van der Waals surface area contributed by atoms with Gasteiger partial charge in [0.15, 0.2) is 0 Å². The summed E-state index contributed by atoms with van der Waals surface area (Å²) in [6, 6.07) is 10.9. The minimum absolute atomic E-state index is 0.0567. The Hall–Kier alpha value is -4.28. The number of anilines is 1. The predicted octanol–water partition coefficient (Wildman–Crippen LogP) is 5.24. The van der Waals surface area contributed by atoms with Gasteiger partial charge < -0.3 is 14.2 Å². The Morgan fingerprint density at radius 1 is 0.943 bits per heavy atom. The lowest BCUT2D eigenvalue weighted by Gasteiger charge is -2.15. The number of rotatable bonds is 6. The van der Waals surface area contributed by atoms with Crippen molar-refractivity contribution in [2.24, 2.45) is 0 Å². The number of carbonyl (C=O) groups excluding carboxylic acids is 2. The summed E-state index contributed by atoms with van der Waals surface area (Å²) >= 11 is 0. The van der Waals surface area contributed by atoms with Crippen molar-refractivity contribution in [1.29, 1.82) is 0 Å². The van der Waals surface area contributed by atoms with E-state index in [1.807, 2.05) is 0 Å². The number of imide groups is 1. The highest BCUT2D eigenvalue weighted by Crippen LogP contribution is 2.31. The smallest absolute Gasteiger partial charge is 0.496 e. The number of hydrogen-bond donors (Lipinski definition) is 2. The van der Waals surface area contributed by atoms with Crippen LogP contribution in [-0.2, 0) is 0 Å². The topological polar surface area (TPSA) is 98.8 Å². The number of halogens is 3. The molecule has 0 spiro atoms. The fourth-order valence-electron chi connectivity index (χ4n) is 3.54. The molecule has 2 aromatic carbocycles. The number of nitrogens with zero attached hydrogens (tertiary/aromatic N) is 1. The molecule has 11 heteroatoms. The molecule has 0 saturated carbocycles. The Morgan fingerprint density at radius 3 is 2.06 bits per heavy atom. The predicted molar refractivity (Wildman–Crippen MR) is 122 cm³/mol. The van der Waals surface area contributed by atoms with Gasteiger partial charge in [0.25, 0.3) is 5.91 Å². The molecule has 1 heterocycles. The molecule has 0 aliphatic heterocycles. The molecule has 0 aliphatic carbocycles. The van der Waals surface area contributed by atoms with Crippen LogP contribution in [0, 0.1) is 13.8 Å². The van der Waals surface area contributed by atoms with Crippen LogP contribution in [0.5, 0.6) is 17.2 Å². The molecule has 8 nitrogen and oxygen atoms in total. The van der Waals surface area contributed by atoms with Gasteiger partial charge in [-0.3, -0.25) is 15.4 Å². The van der Waals surface area contributed by atoms with Crippen molar-refractivity contribution in [1.82, 2.24) is 10.3 Å². The van der Waals surface area contributed by atoms with Crippen molar-refractivity contribution in [3.63, 3.8) is 0 Å². The number of pyridine rings is 1. The van der Waals surface area contributed by atoms with E-state index < -0.39 is 18.3 Å². The molecule has 0 atom stereocenters. The molecule has 3 amide bonds. The van der Waals surface area contributed by atoms with E-state index in [1.54, 1.807) is 38.1 Å². The summed E-state index contributed by atoms with van der Waals surface area (Å²) in [5.74, 6) is -0.428. The Balaban J connectivity index is 1.76. The Bertz CT molecular complexity index is 1200. The van der Waals surface area contributed by atoms with Crippen LogP contribution >= 0.6 is 0 Å². The van der Waals surface area contributed by atoms with Crippen LogP contribution in [0.4, 0.5) is 23.8 Å². The standard InChI is InChI=1S/C24H22F3N3O5/c1-13-12-19(28-14(2)20(13)15-8-10-16(11-9-15)35-24(25,26)27)29-23(32)30-22(31)21-17(33-3)6-5-7-18(21)34-4/h5-12H,1-4H3,(H2,28,29,30,31,32). The highest BCUT2D eigenvalue weighted by Gasteiger charge is 2.31. The van der Waals surface area contributed by atoms with E-state index in [4.69, 9.17) is 9.47 Å². The third kappa shape index (κ3) is 6.19. The van der Waals surface area contributed by atoms with Gasteiger partial charge in [-0.1, -0.05) is 18.2 Å². The third-order valence-corrected chi connectivity index (χ3v) is 4.90. The normalized spacial score (nSPS) is 10.9. The lowest BCUT2D eigenvalue weighted by molar-refractivity contribution is -0.274. The van der Waals surface area contributed by atoms with E-state index in [0.29, 0.717) is 22.4 Å². The summed E-state index contributed by atoms with van der Waals surface area (Å²) in [6.45, 7) is 3.45. The average Bonchev–Trinajstić information content (AvgIpc) is 2.77. The van der Waals surface area contributed by atoms with Gasteiger partial charge in [-0.25, -0.2) is 9.78 Å². The monoisotopic (exact) mass is 489 g/mol. The molecule has 0 saturated heterocycles. The van der Waals surface area contributed by atoms with E-state index in [2.05, 4.69) is 20.4 Å². The number of nitrogens with one attached hydrogen (secondary N) is 2. The van der Waals surface area contributed by atoms with Crippen LogP contribution in [0.25, 0.3) is 11.1 Å².